The molecule has 0 aliphatic heterocycles. The van der Waals surface area contributed by atoms with Gasteiger partial charge in [0.1, 0.15) is 5.75 Å². The lowest BCUT2D eigenvalue weighted by atomic mass is 10.0. The number of amides is 1. The molecule has 0 spiro atoms. The van der Waals surface area contributed by atoms with Crippen LogP contribution in [0.2, 0.25) is 0 Å². The van der Waals surface area contributed by atoms with Crippen molar-refractivity contribution < 1.29 is 9.53 Å². The molecule has 3 aromatic carbocycles. The van der Waals surface area contributed by atoms with E-state index in [1.54, 1.807) is 0 Å². The van der Waals surface area contributed by atoms with Crippen LogP contribution in [-0.2, 0) is 4.79 Å². The molecule has 1 amide bonds. The highest BCUT2D eigenvalue weighted by molar-refractivity contribution is 9.10. The molecule has 0 aliphatic carbocycles. The third-order valence-electron chi connectivity index (χ3n) is 4.29. The summed E-state index contributed by atoms with van der Waals surface area (Å²) in [6, 6.07) is 18.2. The van der Waals surface area contributed by atoms with E-state index in [1.165, 1.54) is 5.39 Å². The molecule has 3 aromatic rings. The minimum atomic E-state index is -0.295. The van der Waals surface area contributed by atoms with E-state index in [4.69, 9.17) is 4.74 Å². The van der Waals surface area contributed by atoms with Gasteiger partial charge in [0.15, 0.2) is 6.61 Å². The van der Waals surface area contributed by atoms with E-state index in [2.05, 4.69) is 44.7 Å². The number of ether oxygens (including phenoxy) is 1. The Morgan fingerprint density at radius 3 is 2.41 bits per heavy atom. The summed E-state index contributed by atoms with van der Waals surface area (Å²) in [5, 5.41) is 6.51. The monoisotopic (exact) mass is 424 g/mol. The summed E-state index contributed by atoms with van der Waals surface area (Å²) in [4.78, 5) is 12.1. The summed E-state index contributed by atoms with van der Waals surface area (Å²) >= 11 is 3.45. The van der Waals surface area contributed by atoms with Gasteiger partial charge in [-0.05, 0) is 66.4 Å². The summed E-state index contributed by atoms with van der Waals surface area (Å²) in [6.07, 6.45) is 0. The molecule has 1 N–H and O–H groups in total. The standard InChI is InChI=1S/C22H21BrN2O2/c1-14-10-20(23)11-15(2)22(14)27-13-21(26)25-24-16(3)18-9-8-17-6-4-5-7-19(17)12-18/h4-12H,13H2,1-3H3,(H,25,26)/b24-16-. The number of carbonyl (C=O) groups excluding carboxylic acids is 1. The second-order valence-corrected chi connectivity index (χ2v) is 7.37. The summed E-state index contributed by atoms with van der Waals surface area (Å²) in [5.74, 6) is 0.431. The van der Waals surface area contributed by atoms with E-state index in [1.807, 2.05) is 57.2 Å². The van der Waals surface area contributed by atoms with E-state index in [-0.39, 0.29) is 12.5 Å². The fourth-order valence-electron chi connectivity index (χ4n) is 2.92. The summed E-state index contributed by atoms with van der Waals surface area (Å²) in [6.45, 7) is 5.69. The predicted octanol–water partition coefficient (Wildman–Crippen LogP) is 5.14. The minimum absolute atomic E-state index is 0.0855. The lowest BCUT2D eigenvalue weighted by Gasteiger charge is -2.12. The van der Waals surface area contributed by atoms with Crippen LogP contribution >= 0.6 is 15.9 Å². The van der Waals surface area contributed by atoms with Gasteiger partial charge in [-0.25, -0.2) is 5.43 Å². The maximum absolute atomic E-state index is 12.1. The molecule has 0 fully saturated rings. The first-order valence-electron chi connectivity index (χ1n) is 8.66. The number of hydrogen-bond acceptors (Lipinski definition) is 3. The summed E-state index contributed by atoms with van der Waals surface area (Å²) in [7, 11) is 0. The zero-order valence-electron chi connectivity index (χ0n) is 15.5. The number of carbonyl (C=O) groups is 1. The number of hydrogen-bond donors (Lipinski definition) is 1. The van der Waals surface area contributed by atoms with Crippen molar-refractivity contribution in [3.05, 3.63) is 75.8 Å². The van der Waals surface area contributed by atoms with E-state index < -0.39 is 0 Å². The van der Waals surface area contributed by atoms with E-state index in [9.17, 15) is 4.79 Å². The second-order valence-electron chi connectivity index (χ2n) is 6.45. The Hall–Kier alpha value is -2.66. The molecular formula is C22H21BrN2O2. The zero-order valence-corrected chi connectivity index (χ0v) is 17.1. The Labute approximate surface area is 167 Å². The number of aryl methyl sites for hydroxylation is 2. The van der Waals surface area contributed by atoms with Gasteiger partial charge in [0.25, 0.3) is 5.91 Å². The molecule has 27 heavy (non-hydrogen) atoms. The third-order valence-corrected chi connectivity index (χ3v) is 4.75. The smallest absolute Gasteiger partial charge is 0.277 e. The highest BCUT2D eigenvalue weighted by Gasteiger charge is 2.09. The number of hydrazone groups is 1. The van der Waals surface area contributed by atoms with Crippen LogP contribution in [0.5, 0.6) is 5.75 Å². The van der Waals surface area contributed by atoms with Gasteiger partial charge in [-0.3, -0.25) is 4.79 Å². The van der Waals surface area contributed by atoms with Crippen LogP contribution in [0.3, 0.4) is 0 Å². The van der Waals surface area contributed by atoms with Gasteiger partial charge in [-0.1, -0.05) is 52.3 Å². The maximum atomic E-state index is 12.1. The Bertz CT molecular complexity index is 1000. The Kier molecular flexibility index (Phi) is 5.91. The maximum Gasteiger partial charge on any atom is 0.277 e. The van der Waals surface area contributed by atoms with Crippen molar-refractivity contribution in [2.24, 2.45) is 5.10 Å². The number of nitrogens with zero attached hydrogens (tertiary/aromatic N) is 1. The molecular weight excluding hydrogens is 404 g/mol. The lowest BCUT2D eigenvalue weighted by molar-refractivity contribution is -0.123. The third kappa shape index (κ3) is 4.74. The molecule has 5 heteroatoms. The minimum Gasteiger partial charge on any atom is -0.483 e. The number of fused-ring (bicyclic) bond motifs is 1. The van der Waals surface area contributed by atoms with E-state index in [0.717, 1.165) is 38.0 Å². The molecule has 0 unspecified atom stereocenters. The van der Waals surface area contributed by atoms with Crippen LogP contribution < -0.4 is 10.2 Å². The van der Waals surface area contributed by atoms with Crippen molar-refractivity contribution in [2.45, 2.75) is 20.8 Å². The van der Waals surface area contributed by atoms with Crippen molar-refractivity contribution in [3.8, 4) is 5.75 Å². The van der Waals surface area contributed by atoms with Crippen LogP contribution in [0, 0.1) is 13.8 Å². The summed E-state index contributed by atoms with van der Waals surface area (Å²) in [5.41, 5.74) is 6.23. The average molecular weight is 425 g/mol. The van der Waals surface area contributed by atoms with Crippen molar-refractivity contribution in [1.29, 1.82) is 0 Å². The Morgan fingerprint density at radius 1 is 1.04 bits per heavy atom. The van der Waals surface area contributed by atoms with Crippen molar-refractivity contribution in [3.63, 3.8) is 0 Å². The first-order chi connectivity index (χ1) is 12.9. The first kappa shape index (κ1) is 19.1. The molecule has 4 nitrogen and oxygen atoms in total. The molecule has 0 aliphatic rings. The molecule has 0 bridgehead atoms. The van der Waals surface area contributed by atoms with Gasteiger partial charge < -0.3 is 4.74 Å². The molecule has 0 aromatic heterocycles. The normalized spacial score (nSPS) is 11.5. The second kappa shape index (κ2) is 8.35. The fourth-order valence-corrected chi connectivity index (χ4v) is 3.61. The topological polar surface area (TPSA) is 50.7 Å². The number of rotatable bonds is 5. The largest absolute Gasteiger partial charge is 0.483 e. The number of benzene rings is 3. The lowest BCUT2D eigenvalue weighted by Crippen LogP contribution is -2.26. The van der Waals surface area contributed by atoms with Crippen LogP contribution in [-0.4, -0.2) is 18.2 Å². The van der Waals surface area contributed by atoms with E-state index in [0.29, 0.717) is 0 Å². The van der Waals surface area contributed by atoms with Crippen molar-refractivity contribution in [2.75, 3.05) is 6.61 Å². The first-order valence-corrected chi connectivity index (χ1v) is 9.45. The van der Waals surface area contributed by atoms with Crippen LogP contribution in [0.15, 0.2) is 64.2 Å². The van der Waals surface area contributed by atoms with E-state index >= 15 is 0 Å². The summed E-state index contributed by atoms with van der Waals surface area (Å²) < 4.78 is 6.67. The van der Waals surface area contributed by atoms with Crippen molar-refractivity contribution in [1.82, 2.24) is 5.43 Å². The molecule has 0 heterocycles. The molecule has 0 atom stereocenters. The molecule has 3 rings (SSSR count). The van der Waals surface area contributed by atoms with Crippen LogP contribution in [0.1, 0.15) is 23.6 Å². The highest BCUT2D eigenvalue weighted by atomic mass is 79.9. The number of halogens is 1. The SMILES string of the molecule is C/C(=N/NC(=O)COc1c(C)cc(Br)cc1C)c1ccc2ccccc2c1. The van der Waals surface area contributed by atoms with Gasteiger partial charge in [0, 0.05) is 4.47 Å². The molecule has 0 radical (unpaired) electrons. The van der Waals surface area contributed by atoms with Crippen molar-refractivity contribution >= 4 is 38.3 Å². The Morgan fingerprint density at radius 2 is 1.70 bits per heavy atom. The Balaban J connectivity index is 1.63. The van der Waals surface area contributed by atoms with Gasteiger partial charge in [0.2, 0.25) is 0 Å². The van der Waals surface area contributed by atoms with Gasteiger partial charge in [0.05, 0.1) is 5.71 Å². The van der Waals surface area contributed by atoms with Gasteiger partial charge in [-0.15, -0.1) is 0 Å². The highest BCUT2D eigenvalue weighted by Crippen LogP contribution is 2.27. The zero-order chi connectivity index (χ0) is 19.4. The average Bonchev–Trinajstić information content (AvgIpc) is 2.64. The van der Waals surface area contributed by atoms with Gasteiger partial charge in [-0.2, -0.15) is 5.10 Å². The molecule has 0 saturated heterocycles. The van der Waals surface area contributed by atoms with Crippen LogP contribution in [0.25, 0.3) is 10.8 Å². The van der Waals surface area contributed by atoms with Gasteiger partial charge >= 0.3 is 0 Å². The quantitative estimate of drug-likeness (QED) is 0.455. The predicted molar refractivity (Wildman–Crippen MR) is 113 cm³/mol. The molecule has 0 saturated carbocycles. The fraction of sp³-hybridized carbons (Fsp3) is 0.182. The van der Waals surface area contributed by atoms with Crippen LogP contribution in [0.4, 0.5) is 0 Å². The molecule has 138 valence electrons. The number of nitrogens with one attached hydrogen (secondary N) is 1.